The minimum atomic E-state index is -0.350. The summed E-state index contributed by atoms with van der Waals surface area (Å²) < 4.78 is 20.3. The largest absolute Gasteiger partial charge is 0.335 e. The summed E-state index contributed by atoms with van der Waals surface area (Å²) in [5.41, 5.74) is 3.84. The first-order chi connectivity index (χ1) is 15.1. The number of nitrogens with one attached hydrogen (secondary N) is 1. The Balaban J connectivity index is 1.50. The van der Waals surface area contributed by atoms with Gasteiger partial charge < -0.3 is 9.84 Å². The third kappa shape index (κ3) is 3.55. The highest BCUT2D eigenvalue weighted by Crippen LogP contribution is 2.28. The lowest BCUT2D eigenvalue weighted by molar-refractivity contribution is 0.102. The minimum absolute atomic E-state index is 0.249. The highest BCUT2D eigenvalue weighted by Gasteiger charge is 2.19. The maximum Gasteiger partial charge on any atom is 0.259 e. The van der Waals surface area contributed by atoms with Crippen molar-refractivity contribution in [3.63, 3.8) is 0 Å². The first-order valence-electron chi connectivity index (χ1n) is 9.53. The Morgan fingerprint density at radius 3 is 2.58 bits per heavy atom. The zero-order valence-electron chi connectivity index (χ0n) is 16.4. The van der Waals surface area contributed by atoms with E-state index in [1.165, 1.54) is 12.1 Å². The van der Waals surface area contributed by atoms with Gasteiger partial charge in [-0.15, -0.1) is 0 Å². The van der Waals surface area contributed by atoms with Gasteiger partial charge in [-0.1, -0.05) is 5.16 Å². The number of nitrogens with zero attached hydrogens (tertiary/aromatic N) is 4. The van der Waals surface area contributed by atoms with Crippen LogP contribution in [0.5, 0.6) is 0 Å². The van der Waals surface area contributed by atoms with Crippen molar-refractivity contribution in [3.8, 4) is 16.9 Å². The molecule has 8 heteroatoms. The first kappa shape index (κ1) is 18.7. The third-order valence-electron chi connectivity index (χ3n) is 4.90. The fourth-order valence-electron chi connectivity index (χ4n) is 3.36. The van der Waals surface area contributed by atoms with Crippen molar-refractivity contribution in [2.45, 2.75) is 6.92 Å². The maximum atomic E-state index is 13.3. The molecule has 1 N–H and O–H groups in total. The van der Waals surface area contributed by atoms with Crippen molar-refractivity contribution in [1.82, 2.24) is 19.9 Å². The van der Waals surface area contributed by atoms with Gasteiger partial charge in [0.15, 0.2) is 0 Å². The van der Waals surface area contributed by atoms with Gasteiger partial charge in [0.25, 0.3) is 11.6 Å². The number of hydrogen-bond acceptors (Lipinski definition) is 5. The van der Waals surface area contributed by atoms with Gasteiger partial charge in [-0.05, 0) is 67.6 Å². The van der Waals surface area contributed by atoms with Crippen molar-refractivity contribution in [2.24, 2.45) is 0 Å². The Kier molecular flexibility index (Phi) is 4.51. The molecule has 0 saturated carbocycles. The molecule has 0 aliphatic rings. The molecule has 2 aromatic carbocycles. The van der Waals surface area contributed by atoms with Crippen LogP contribution in [0.4, 0.5) is 10.1 Å². The first-order valence-corrected chi connectivity index (χ1v) is 9.53. The Morgan fingerprint density at radius 2 is 1.87 bits per heavy atom. The molecule has 31 heavy (non-hydrogen) atoms. The molecule has 0 aliphatic heterocycles. The quantitative estimate of drug-likeness (QED) is 0.458. The number of benzene rings is 2. The van der Waals surface area contributed by atoms with Gasteiger partial charge in [0.2, 0.25) is 0 Å². The SMILES string of the molecule is Cc1noc2nc(-c3ccc(F)cc3)cc(C(=O)Nc3ccc(-n4cccn4)cc3)c12. The van der Waals surface area contributed by atoms with Gasteiger partial charge in [-0.3, -0.25) is 4.79 Å². The Morgan fingerprint density at radius 1 is 1.10 bits per heavy atom. The average molecular weight is 413 g/mol. The third-order valence-corrected chi connectivity index (χ3v) is 4.90. The number of anilines is 1. The number of amides is 1. The molecule has 0 radical (unpaired) electrons. The lowest BCUT2D eigenvalue weighted by Gasteiger charge is -2.09. The lowest BCUT2D eigenvalue weighted by atomic mass is 10.0. The monoisotopic (exact) mass is 413 g/mol. The molecule has 3 aromatic heterocycles. The van der Waals surface area contributed by atoms with Crippen LogP contribution < -0.4 is 5.32 Å². The van der Waals surface area contributed by atoms with Crippen LogP contribution in [0.3, 0.4) is 0 Å². The molecule has 0 spiro atoms. The number of rotatable bonds is 4. The van der Waals surface area contributed by atoms with Crippen LogP contribution in [-0.2, 0) is 0 Å². The normalized spacial score (nSPS) is 11.0. The molecule has 3 heterocycles. The molecule has 0 fully saturated rings. The Hall–Kier alpha value is -4.33. The van der Waals surface area contributed by atoms with Crippen LogP contribution in [0.1, 0.15) is 16.1 Å². The van der Waals surface area contributed by atoms with Crippen LogP contribution in [0.15, 0.2) is 77.6 Å². The van der Waals surface area contributed by atoms with Gasteiger partial charge in [0.1, 0.15) is 5.82 Å². The van der Waals surface area contributed by atoms with E-state index < -0.39 is 0 Å². The van der Waals surface area contributed by atoms with Gasteiger partial charge in [-0.25, -0.2) is 14.1 Å². The van der Waals surface area contributed by atoms with Gasteiger partial charge >= 0.3 is 0 Å². The topological polar surface area (TPSA) is 85.8 Å². The van der Waals surface area contributed by atoms with E-state index in [9.17, 15) is 9.18 Å². The summed E-state index contributed by atoms with van der Waals surface area (Å²) in [6.45, 7) is 1.75. The van der Waals surface area contributed by atoms with Crippen molar-refractivity contribution < 1.29 is 13.7 Å². The van der Waals surface area contributed by atoms with E-state index in [4.69, 9.17) is 4.52 Å². The zero-order chi connectivity index (χ0) is 21.4. The van der Waals surface area contributed by atoms with Crippen molar-refractivity contribution in [1.29, 1.82) is 0 Å². The second-order valence-electron chi connectivity index (χ2n) is 6.96. The predicted octanol–water partition coefficient (Wildman–Crippen LogP) is 4.78. The summed E-state index contributed by atoms with van der Waals surface area (Å²) >= 11 is 0. The fourth-order valence-corrected chi connectivity index (χ4v) is 3.36. The molecule has 7 nitrogen and oxygen atoms in total. The van der Waals surface area contributed by atoms with Crippen LogP contribution in [0.25, 0.3) is 28.0 Å². The average Bonchev–Trinajstić information content (AvgIpc) is 3.45. The number of hydrogen-bond donors (Lipinski definition) is 1. The number of pyridine rings is 1. The van der Waals surface area contributed by atoms with Gasteiger partial charge in [0, 0.05) is 23.6 Å². The van der Waals surface area contributed by atoms with Crippen molar-refractivity contribution >= 4 is 22.7 Å². The molecule has 0 atom stereocenters. The van der Waals surface area contributed by atoms with E-state index in [-0.39, 0.29) is 17.4 Å². The van der Waals surface area contributed by atoms with E-state index in [1.54, 1.807) is 48.1 Å². The van der Waals surface area contributed by atoms with E-state index in [0.717, 1.165) is 5.69 Å². The molecular weight excluding hydrogens is 397 g/mol. The molecule has 0 aliphatic carbocycles. The highest BCUT2D eigenvalue weighted by atomic mass is 19.1. The van der Waals surface area contributed by atoms with E-state index in [0.29, 0.717) is 33.6 Å². The molecule has 0 saturated heterocycles. The summed E-state index contributed by atoms with van der Waals surface area (Å²) in [5, 5.41) is 11.6. The summed E-state index contributed by atoms with van der Waals surface area (Å²) in [6, 6.07) is 16.7. The summed E-state index contributed by atoms with van der Waals surface area (Å²) in [7, 11) is 0. The fraction of sp³-hybridized carbons (Fsp3) is 0.0435. The summed E-state index contributed by atoms with van der Waals surface area (Å²) in [4.78, 5) is 17.6. The zero-order valence-corrected chi connectivity index (χ0v) is 16.4. The van der Waals surface area contributed by atoms with Crippen molar-refractivity contribution in [2.75, 3.05) is 5.32 Å². The minimum Gasteiger partial charge on any atom is -0.335 e. The van der Waals surface area contributed by atoms with E-state index in [2.05, 4.69) is 20.6 Å². The molecule has 0 bridgehead atoms. The van der Waals surface area contributed by atoms with Crippen molar-refractivity contribution in [3.05, 3.63) is 90.1 Å². The highest BCUT2D eigenvalue weighted by molar-refractivity contribution is 6.13. The smallest absolute Gasteiger partial charge is 0.259 e. The van der Waals surface area contributed by atoms with Crippen LogP contribution in [0.2, 0.25) is 0 Å². The van der Waals surface area contributed by atoms with Crippen LogP contribution >= 0.6 is 0 Å². The Labute approximate surface area is 176 Å². The number of halogens is 1. The van der Waals surface area contributed by atoms with Crippen LogP contribution in [0, 0.1) is 12.7 Å². The molecule has 5 rings (SSSR count). The molecular formula is C23H16FN5O2. The van der Waals surface area contributed by atoms with E-state index in [1.807, 2.05) is 24.4 Å². The van der Waals surface area contributed by atoms with Gasteiger partial charge in [0.05, 0.1) is 28.0 Å². The second-order valence-corrected chi connectivity index (χ2v) is 6.96. The number of aryl methyl sites for hydroxylation is 1. The maximum absolute atomic E-state index is 13.3. The Bertz CT molecular complexity index is 1370. The molecule has 1 amide bonds. The summed E-state index contributed by atoms with van der Waals surface area (Å²) in [6.07, 6.45) is 3.54. The molecule has 5 aromatic rings. The molecule has 0 unspecified atom stereocenters. The number of fused-ring (bicyclic) bond motifs is 1. The second kappa shape index (κ2) is 7.49. The van der Waals surface area contributed by atoms with Crippen LogP contribution in [-0.4, -0.2) is 25.8 Å². The summed E-state index contributed by atoms with van der Waals surface area (Å²) in [5.74, 6) is -0.675. The lowest BCUT2D eigenvalue weighted by Crippen LogP contribution is -2.13. The van der Waals surface area contributed by atoms with Gasteiger partial charge in [-0.2, -0.15) is 5.10 Å². The standard InChI is InChI=1S/C23H16FN5O2/c1-14-21-19(13-20(27-23(21)31-28-14)15-3-5-16(24)6-4-15)22(30)26-17-7-9-18(10-8-17)29-12-2-11-25-29/h2-13H,1H3,(H,26,30). The molecule has 152 valence electrons. The number of aromatic nitrogens is 4. The van der Waals surface area contributed by atoms with E-state index >= 15 is 0 Å². The number of carbonyl (C=O) groups is 1. The predicted molar refractivity (Wildman–Crippen MR) is 113 cm³/mol. The number of carbonyl (C=O) groups excluding carboxylic acids is 1.